The van der Waals surface area contributed by atoms with Crippen LogP contribution in [0.1, 0.15) is 41.3 Å². The number of nitrogens with two attached hydrogens (primary N) is 2. The highest BCUT2D eigenvalue weighted by molar-refractivity contribution is 7.99. The van der Waals surface area contributed by atoms with Crippen LogP contribution in [-0.2, 0) is 27.9 Å². The van der Waals surface area contributed by atoms with Crippen LogP contribution in [0.2, 0.25) is 0 Å². The van der Waals surface area contributed by atoms with Crippen LogP contribution in [0.4, 0.5) is 4.39 Å². The number of nitrogens with one attached hydrogen (secondary N) is 2. The topological polar surface area (TPSA) is 174 Å². The van der Waals surface area contributed by atoms with Gasteiger partial charge in [-0.2, -0.15) is 5.26 Å². The van der Waals surface area contributed by atoms with Gasteiger partial charge in [-0.15, -0.1) is 0 Å². The second-order valence-corrected chi connectivity index (χ2v) is 9.92. The van der Waals surface area contributed by atoms with Gasteiger partial charge in [0, 0.05) is 25.0 Å². The number of nitriles is 1. The molecule has 202 valence electrons. The minimum atomic E-state index is -0.702. The Balaban J connectivity index is 1.74. The van der Waals surface area contributed by atoms with Crippen LogP contribution in [-0.4, -0.2) is 40.9 Å². The van der Waals surface area contributed by atoms with Crippen LogP contribution < -0.4 is 37.6 Å². The Morgan fingerprint density at radius 1 is 1.32 bits per heavy atom. The molecule has 3 rings (SSSR count). The van der Waals surface area contributed by atoms with E-state index in [9.17, 15) is 18.8 Å². The summed E-state index contributed by atoms with van der Waals surface area (Å²) in [4.78, 5) is 37.3. The minimum absolute atomic E-state index is 0.0430. The lowest BCUT2D eigenvalue weighted by molar-refractivity contribution is -0.141. The molecule has 1 amide bonds. The van der Waals surface area contributed by atoms with E-state index in [2.05, 4.69) is 10.0 Å². The molecule has 0 bridgehead atoms. The SMILES string of the molecule is CCOC(=O)CNSC1(CO/C(N)=c2/c(=C\N)cc(C(=O)NCc3ccc(C#N)c(F)c3)c(=O)n2C)CC1. The first-order valence-electron chi connectivity index (χ1n) is 11.7. The molecular formula is C25H29FN6O5S. The van der Waals surface area contributed by atoms with Crippen molar-refractivity contribution in [1.82, 2.24) is 14.6 Å². The van der Waals surface area contributed by atoms with Gasteiger partial charge in [-0.05, 0) is 43.5 Å². The predicted octanol–water partition coefficient (Wildman–Crippen LogP) is -0.603. The van der Waals surface area contributed by atoms with Crippen LogP contribution in [0, 0.1) is 17.1 Å². The average Bonchev–Trinajstić information content (AvgIpc) is 3.67. The number of carbonyl (C=O) groups excluding carboxylic acids is 2. The molecule has 2 aromatic rings. The van der Waals surface area contributed by atoms with E-state index < -0.39 is 17.3 Å². The summed E-state index contributed by atoms with van der Waals surface area (Å²) in [5.74, 6) is -1.79. The van der Waals surface area contributed by atoms with Crippen LogP contribution in [0.3, 0.4) is 0 Å². The largest absolute Gasteiger partial charge is 0.476 e. The number of rotatable bonds is 11. The summed E-state index contributed by atoms with van der Waals surface area (Å²) in [7, 11) is 1.44. The highest BCUT2D eigenvalue weighted by atomic mass is 32.2. The van der Waals surface area contributed by atoms with E-state index in [1.54, 1.807) is 13.0 Å². The van der Waals surface area contributed by atoms with Crippen molar-refractivity contribution in [3.8, 4) is 6.07 Å². The standard InChI is InChI=1S/C25H29FN6O5S/c1-3-36-20(33)13-31-38-25(6-7-25)14-37-22(29)21-17(11-28)9-18(24(35)32(21)2)23(34)30-12-15-4-5-16(10-27)19(26)8-15/h4-5,8-9,11,31H,3,6-7,12-14,28-29H2,1-2H3,(H,30,34)/b17-11-,22-21-. The van der Waals surface area contributed by atoms with E-state index in [1.165, 1.54) is 48.0 Å². The number of pyridine rings is 1. The Bertz CT molecular complexity index is 1450. The van der Waals surface area contributed by atoms with Gasteiger partial charge < -0.3 is 30.8 Å². The van der Waals surface area contributed by atoms with Crippen molar-refractivity contribution < 1.29 is 23.5 Å². The van der Waals surface area contributed by atoms with Gasteiger partial charge in [-0.25, -0.2) is 4.39 Å². The van der Waals surface area contributed by atoms with E-state index in [0.717, 1.165) is 18.9 Å². The van der Waals surface area contributed by atoms with Crippen molar-refractivity contribution in [3.05, 3.63) is 67.7 Å². The zero-order valence-corrected chi connectivity index (χ0v) is 21.8. The maximum Gasteiger partial charge on any atom is 0.320 e. The van der Waals surface area contributed by atoms with Crippen molar-refractivity contribution in [2.75, 3.05) is 19.8 Å². The fraction of sp³-hybridized carbons (Fsp3) is 0.360. The molecule has 0 unspecified atom stereocenters. The zero-order chi connectivity index (χ0) is 27.9. The van der Waals surface area contributed by atoms with Crippen LogP contribution in [0.25, 0.3) is 12.1 Å². The van der Waals surface area contributed by atoms with E-state index >= 15 is 0 Å². The molecule has 6 N–H and O–H groups in total. The molecule has 0 spiro atoms. The van der Waals surface area contributed by atoms with Crippen LogP contribution >= 0.6 is 11.9 Å². The third kappa shape index (κ3) is 6.84. The average molecular weight is 545 g/mol. The Morgan fingerprint density at radius 2 is 2.05 bits per heavy atom. The molecule has 0 aliphatic heterocycles. The molecule has 38 heavy (non-hydrogen) atoms. The summed E-state index contributed by atoms with van der Waals surface area (Å²) in [6.45, 7) is 2.26. The number of aromatic nitrogens is 1. The summed E-state index contributed by atoms with van der Waals surface area (Å²) < 4.78 is 28.4. The molecule has 1 aliphatic carbocycles. The van der Waals surface area contributed by atoms with Gasteiger partial charge in [0.25, 0.3) is 11.5 Å². The smallest absolute Gasteiger partial charge is 0.320 e. The first kappa shape index (κ1) is 28.5. The number of amides is 1. The molecule has 1 fully saturated rings. The number of hydrogen-bond acceptors (Lipinski definition) is 10. The molecule has 1 aromatic heterocycles. The normalized spacial score (nSPS) is 14.8. The number of benzene rings is 1. The third-order valence-electron chi connectivity index (χ3n) is 5.82. The molecule has 0 radical (unpaired) electrons. The highest BCUT2D eigenvalue weighted by Crippen LogP contribution is 2.47. The second-order valence-electron chi connectivity index (χ2n) is 8.57. The van der Waals surface area contributed by atoms with Crippen molar-refractivity contribution in [2.24, 2.45) is 18.5 Å². The molecule has 1 saturated carbocycles. The van der Waals surface area contributed by atoms with E-state index in [0.29, 0.717) is 17.4 Å². The monoisotopic (exact) mass is 544 g/mol. The minimum Gasteiger partial charge on any atom is -0.476 e. The first-order valence-corrected chi connectivity index (χ1v) is 12.5. The van der Waals surface area contributed by atoms with Gasteiger partial charge in [0.05, 0.1) is 16.9 Å². The Hall–Kier alpha value is -4.02. The highest BCUT2D eigenvalue weighted by Gasteiger charge is 2.45. The molecule has 0 atom stereocenters. The summed E-state index contributed by atoms with van der Waals surface area (Å²) in [5, 5.41) is 11.9. The lowest BCUT2D eigenvalue weighted by Crippen LogP contribution is -2.48. The summed E-state index contributed by atoms with van der Waals surface area (Å²) >= 11 is 1.37. The Labute approximate surface area is 222 Å². The number of nitrogens with zero attached hydrogens (tertiary/aromatic N) is 2. The number of hydrogen-bond donors (Lipinski definition) is 4. The quantitative estimate of drug-likeness (QED) is 0.211. The molecule has 13 heteroatoms. The van der Waals surface area contributed by atoms with Gasteiger partial charge in [-0.3, -0.25) is 19.1 Å². The lowest BCUT2D eigenvalue weighted by atomic mass is 10.1. The van der Waals surface area contributed by atoms with Crippen molar-refractivity contribution in [1.29, 1.82) is 5.26 Å². The van der Waals surface area contributed by atoms with E-state index in [1.807, 2.05) is 0 Å². The van der Waals surface area contributed by atoms with E-state index in [-0.39, 0.29) is 52.8 Å². The van der Waals surface area contributed by atoms with Crippen molar-refractivity contribution >= 4 is 35.9 Å². The number of halogens is 1. The molecular weight excluding hydrogens is 515 g/mol. The third-order valence-corrected chi connectivity index (χ3v) is 7.07. The van der Waals surface area contributed by atoms with Gasteiger partial charge >= 0.3 is 5.97 Å². The maximum absolute atomic E-state index is 13.8. The van der Waals surface area contributed by atoms with Gasteiger partial charge in [0.15, 0.2) is 0 Å². The van der Waals surface area contributed by atoms with Crippen molar-refractivity contribution in [2.45, 2.75) is 31.1 Å². The molecule has 1 heterocycles. The molecule has 1 aliphatic rings. The van der Waals surface area contributed by atoms with Gasteiger partial charge in [0.2, 0.25) is 5.88 Å². The molecule has 0 saturated heterocycles. The zero-order valence-electron chi connectivity index (χ0n) is 21.0. The van der Waals surface area contributed by atoms with Crippen LogP contribution in [0.15, 0.2) is 29.1 Å². The summed E-state index contributed by atoms with van der Waals surface area (Å²) in [6.07, 6.45) is 2.90. The number of ether oxygens (including phenoxy) is 2. The first-order chi connectivity index (χ1) is 18.1. The lowest BCUT2D eigenvalue weighted by Gasteiger charge is -2.17. The van der Waals surface area contributed by atoms with Gasteiger partial charge in [-0.1, -0.05) is 18.0 Å². The Kier molecular flexibility index (Phi) is 9.38. The molecule has 1 aromatic carbocycles. The van der Waals surface area contributed by atoms with Gasteiger partial charge in [0.1, 0.15) is 36.0 Å². The second kappa shape index (κ2) is 12.5. The summed E-state index contributed by atoms with van der Waals surface area (Å²) in [6, 6.07) is 7.00. The van der Waals surface area contributed by atoms with E-state index in [4.69, 9.17) is 26.2 Å². The summed E-state index contributed by atoms with van der Waals surface area (Å²) in [5.41, 5.74) is 11.5. The van der Waals surface area contributed by atoms with Crippen LogP contribution in [0.5, 0.6) is 0 Å². The number of esters is 1. The fourth-order valence-corrected chi connectivity index (χ4v) is 4.47. The van der Waals surface area contributed by atoms with Crippen molar-refractivity contribution in [3.63, 3.8) is 0 Å². The fourth-order valence-electron chi connectivity index (χ4n) is 3.55. The number of carbonyl (C=O) groups is 2. The molecule has 11 nitrogen and oxygen atoms in total. The predicted molar refractivity (Wildman–Crippen MR) is 140 cm³/mol. The Morgan fingerprint density at radius 3 is 2.66 bits per heavy atom. The maximum atomic E-state index is 13.8.